The molecular formula is C8H9NO. The van der Waals surface area contributed by atoms with Crippen molar-refractivity contribution < 1.29 is 5.11 Å². The molecule has 0 atom stereocenters. The van der Waals surface area contributed by atoms with Gasteiger partial charge < -0.3 is 5.11 Å². The minimum Gasteiger partial charge on any atom is -0.515 e. The highest BCUT2D eigenvalue weighted by Gasteiger charge is 2.00. The van der Waals surface area contributed by atoms with E-state index in [0.717, 1.165) is 17.5 Å². The molecule has 0 radical (unpaired) electrons. The van der Waals surface area contributed by atoms with Crippen molar-refractivity contribution in [2.45, 2.75) is 0 Å². The molecule has 0 amide bonds. The summed E-state index contributed by atoms with van der Waals surface area (Å²) in [5.74, 6) is 0. The largest absolute Gasteiger partial charge is 0.515 e. The molecule has 10 heavy (non-hydrogen) atoms. The summed E-state index contributed by atoms with van der Waals surface area (Å²) in [6, 6.07) is 0. The Balaban J connectivity index is 2.96. The monoisotopic (exact) mass is 135 g/mol. The van der Waals surface area contributed by atoms with Gasteiger partial charge in [0.25, 0.3) is 0 Å². The Hall–Kier alpha value is -1.31. The van der Waals surface area contributed by atoms with Gasteiger partial charge in [-0.3, -0.25) is 4.99 Å². The summed E-state index contributed by atoms with van der Waals surface area (Å²) in [5, 5.41) is 8.66. The topological polar surface area (TPSA) is 32.6 Å². The summed E-state index contributed by atoms with van der Waals surface area (Å²) in [6.45, 7) is 0. The molecule has 0 fully saturated rings. The highest BCUT2D eigenvalue weighted by molar-refractivity contribution is 6.11. The zero-order chi connectivity index (χ0) is 7.40. The van der Waals surface area contributed by atoms with E-state index in [1.165, 1.54) is 0 Å². The van der Waals surface area contributed by atoms with Crippen molar-refractivity contribution in [1.29, 1.82) is 0 Å². The lowest BCUT2D eigenvalue weighted by molar-refractivity contribution is 0.471. The highest BCUT2D eigenvalue weighted by atomic mass is 16.2. The molecule has 1 aliphatic carbocycles. The molecular weight excluding hydrogens is 126 g/mol. The summed E-state index contributed by atoms with van der Waals surface area (Å²) in [7, 11) is 1.70. The first-order valence-electron chi connectivity index (χ1n) is 3.05. The SMILES string of the molecule is C/N=C1/C=CC=C/C1=C/O. The summed E-state index contributed by atoms with van der Waals surface area (Å²) in [5.41, 5.74) is 1.56. The van der Waals surface area contributed by atoms with Crippen molar-refractivity contribution in [3.8, 4) is 0 Å². The lowest BCUT2D eigenvalue weighted by atomic mass is 10.1. The van der Waals surface area contributed by atoms with E-state index >= 15 is 0 Å². The number of rotatable bonds is 0. The molecule has 1 N–H and O–H groups in total. The summed E-state index contributed by atoms with van der Waals surface area (Å²) < 4.78 is 0. The first-order chi connectivity index (χ1) is 4.88. The van der Waals surface area contributed by atoms with Gasteiger partial charge in [-0.05, 0) is 12.2 Å². The predicted molar refractivity (Wildman–Crippen MR) is 42.4 cm³/mol. The second-order valence-corrected chi connectivity index (χ2v) is 1.91. The Morgan fingerprint density at radius 2 is 2.10 bits per heavy atom. The average Bonchev–Trinajstić information content (AvgIpc) is 2.04. The van der Waals surface area contributed by atoms with Gasteiger partial charge in [-0.15, -0.1) is 0 Å². The van der Waals surface area contributed by atoms with Crippen molar-refractivity contribution in [3.63, 3.8) is 0 Å². The zero-order valence-electron chi connectivity index (χ0n) is 5.78. The highest BCUT2D eigenvalue weighted by Crippen LogP contribution is 2.06. The predicted octanol–water partition coefficient (Wildman–Crippen LogP) is 1.63. The fraction of sp³-hybridized carbons (Fsp3) is 0.125. The number of hydrogen-bond acceptors (Lipinski definition) is 2. The third-order valence-corrected chi connectivity index (χ3v) is 1.32. The molecule has 0 aromatic rings. The van der Waals surface area contributed by atoms with Crippen molar-refractivity contribution in [2.24, 2.45) is 4.99 Å². The number of aliphatic hydroxyl groups is 1. The second-order valence-electron chi connectivity index (χ2n) is 1.91. The fourth-order valence-electron chi connectivity index (χ4n) is 0.800. The van der Waals surface area contributed by atoms with Gasteiger partial charge >= 0.3 is 0 Å². The maximum Gasteiger partial charge on any atom is 0.0885 e. The Labute approximate surface area is 59.9 Å². The van der Waals surface area contributed by atoms with E-state index in [9.17, 15) is 0 Å². The van der Waals surface area contributed by atoms with E-state index in [4.69, 9.17) is 5.11 Å². The molecule has 1 aliphatic rings. The molecule has 2 nitrogen and oxygen atoms in total. The van der Waals surface area contributed by atoms with Gasteiger partial charge in [-0.2, -0.15) is 0 Å². The Morgan fingerprint density at radius 1 is 1.40 bits per heavy atom. The first-order valence-corrected chi connectivity index (χ1v) is 3.05. The lowest BCUT2D eigenvalue weighted by Gasteiger charge is -2.01. The van der Waals surface area contributed by atoms with Crippen LogP contribution in [-0.4, -0.2) is 17.9 Å². The number of aliphatic imine (C=N–C) groups is 1. The van der Waals surface area contributed by atoms with Gasteiger partial charge in [0.15, 0.2) is 0 Å². The van der Waals surface area contributed by atoms with Crippen molar-refractivity contribution >= 4 is 5.71 Å². The minimum atomic E-state index is 0.755. The number of allylic oxidation sites excluding steroid dienone is 5. The molecule has 1 rings (SSSR count). The van der Waals surface area contributed by atoms with E-state index in [2.05, 4.69) is 4.99 Å². The molecule has 0 aliphatic heterocycles. The summed E-state index contributed by atoms with van der Waals surface area (Å²) >= 11 is 0. The second kappa shape index (κ2) is 3.01. The standard InChI is InChI=1S/C8H9NO/c1-9-8-5-3-2-4-7(8)6-10/h2-6,10H,1H3/b7-6-,9-8-. The van der Waals surface area contributed by atoms with Crippen molar-refractivity contribution in [3.05, 3.63) is 36.1 Å². The number of aliphatic hydroxyl groups excluding tert-OH is 1. The van der Waals surface area contributed by atoms with Crippen LogP contribution in [0.5, 0.6) is 0 Å². The van der Waals surface area contributed by atoms with Gasteiger partial charge in [-0.1, -0.05) is 12.2 Å². The molecule has 52 valence electrons. The van der Waals surface area contributed by atoms with E-state index in [0.29, 0.717) is 0 Å². The maximum absolute atomic E-state index is 8.66. The van der Waals surface area contributed by atoms with Crippen LogP contribution in [0.2, 0.25) is 0 Å². The summed E-state index contributed by atoms with van der Waals surface area (Å²) in [6.07, 6.45) is 8.46. The zero-order valence-corrected chi connectivity index (χ0v) is 5.78. The lowest BCUT2D eigenvalue weighted by Crippen LogP contribution is -1.99. The minimum absolute atomic E-state index is 0.755. The fourth-order valence-corrected chi connectivity index (χ4v) is 0.800. The Morgan fingerprint density at radius 3 is 2.60 bits per heavy atom. The van der Waals surface area contributed by atoms with Gasteiger partial charge in [0.2, 0.25) is 0 Å². The molecule has 0 aromatic heterocycles. The van der Waals surface area contributed by atoms with Crippen LogP contribution in [0.1, 0.15) is 0 Å². The van der Waals surface area contributed by atoms with Crippen LogP contribution in [-0.2, 0) is 0 Å². The van der Waals surface area contributed by atoms with Crippen LogP contribution >= 0.6 is 0 Å². The quantitative estimate of drug-likeness (QED) is 0.503. The van der Waals surface area contributed by atoms with Crippen LogP contribution in [0, 0.1) is 0 Å². The Kier molecular flexibility index (Phi) is 2.05. The van der Waals surface area contributed by atoms with Gasteiger partial charge in [-0.25, -0.2) is 0 Å². The normalized spacial score (nSPS) is 24.5. The van der Waals surface area contributed by atoms with Crippen LogP contribution < -0.4 is 0 Å². The molecule has 0 bridgehead atoms. The molecule has 2 heteroatoms. The van der Waals surface area contributed by atoms with Crippen LogP contribution in [0.3, 0.4) is 0 Å². The van der Waals surface area contributed by atoms with Crippen LogP contribution in [0.15, 0.2) is 41.1 Å². The number of nitrogens with zero attached hydrogens (tertiary/aromatic N) is 1. The maximum atomic E-state index is 8.66. The first kappa shape index (κ1) is 6.81. The molecule has 0 heterocycles. The third kappa shape index (κ3) is 1.16. The van der Waals surface area contributed by atoms with E-state index in [-0.39, 0.29) is 0 Å². The van der Waals surface area contributed by atoms with Crippen molar-refractivity contribution in [1.82, 2.24) is 0 Å². The van der Waals surface area contributed by atoms with E-state index in [1.54, 1.807) is 7.05 Å². The summed E-state index contributed by atoms with van der Waals surface area (Å²) in [4.78, 5) is 3.95. The van der Waals surface area contributed by atoms with Crippen LogP contribution in [0.4, 0.5) is 0 Å². The van der Waals surface area contributed by atoms with Gasteiger partial charge in [0.05, 0.1) is 12.0 Å². The Bertz CT molecular complexity index is 208. The smallest absolute Gasteiger partial charge is 0.0885 e. The third-order valence-electron chi connectivity index (χ3n) is 1.32. The molecule has 0 aromatic carbocycles. The van der Waals surface area contributed by atoms with E-state index < -0.39 is 0 Å². The molecule has 0 saturated carbocycles. The number of hydrogen-bond donors (Lipinski definition) is 1. The molecule has 0 unspecified atom stereocenters. The molecule has 0 spiro atoms. The van der Waals surface area contributed by atoms with Gasteiger partial charge in [0.1, 0.15) is 0 Å². The average molecular weight is 135 g/mol. The van der Waals surface area contributed by atoms with Crippen molar-refractivity contribution in [2.75, 3.05) is 7.05 Å². The van der Waals surface area contributed by atoms with E-state index in [1.807, 2.05) is 24.3 Å². The van der Waals surface area contributed by atoms with Crippen LogP contribution in [0.25, 0.3) is 0 Å². The molecule has 0 saturated heterocycles. The van der Waals surface area contributed by atoms with Gasteiger partial charge in [0, 0.05) is 12.6 Å².